The fraction of sp³-hybridized carbons (Fsp3) is 0.588. The van der Waals surface area contributed by atoms with Crippen LogP contribution in [0.1, 0.15) is 26.7 Å². The molecule has 1 unspecified atom stereocenters. The van der Waals surface area contributed by atoms with Gasteiger partial charge in [-0.3, -0.25) is 4.90 Å². The van der Waals surface area contributed by atoms with Crippen LogP contribution in [0.3, 0.4) is 0 Å². The van der Waals surface area contributed by atoms with Gasteiger partial charge in [0, 0.05) is 38.1 Å². The molecule has 0 radical (unpaired) electrons. The van der Waals surface area contributed by atoms with Gasteiger partial charge in [-0.05, 0) is 18.6 Å². The van der Waals surface area contributed by atoms with Gasteiger partial charge in [0.15, 0.2) is 0 Å². The van der Waals surface area contributed by atoms with Crippen LogP contribution in [0.15, 0.2) is 24.3 Å². The number of piperazine rings is 1. The van der Waals surface area contributed by atoms with E-state index >= 15 is 0 Å². The van der Waals surface area contributed by atoms with Gasteiger partial charge in [0.2, 0.25) is 0 Å². The minimum absolute atomic E-state index is 0.207. The predicted molar refractivity (Wildman–Crippen MR) is 89.2 cm³/mol. The lowest BCUT2D eigenvalue weighted by Gasteiger charge is -2.39. The fourth-order valence-corrected chi connectivity index (χ4v) is 3.37. The standard InChI is InChI=1S/C17H25ClN2O/c1-3-8-17(2,14-21)13-19-9-11-20(12-10-19)16-7-5-4-6-15(16)18/h4-7,14H,3,8-13H2,1-2H3. The molecule has 21 heavy (non-hydrogen) atoms. The van der Waals surface area contributed by atoms with Crippen LogP contribution in [-0.4, -0.2) is 43.9 Å². The molecule has 0 aromatic heterocycles. The molecule has 1 atom stereocenters. The van der Waals surface area contributed by atoms with Crippen LogP contribution in [0.25, 0.3) is 0 Å². The molecule has 0 N–H and O–H groups in total. The third-order valence-corrected chi connectivity index (χ3v) is 4.58. The van der Waals surface area contributed by atoms with Crippen LogP contribution in [0.5, 0.6) is 0 Å². The first-order valence-corrected chi connectivity index (χ1v) is 8.14. The number of para-hydroxylation sites is 1. The third-order valence-electron chi connectivity index (χ3n) is 4.26. The van der Waals surface area contributed by atoms with Gasteiger partial charge in [-0.1, -0.05) is 44.0 Å². The van der Waals surface area contributed by atoms with Crippen LogP contribution in [0.2, 0.25) is 5.02 Å². The van der Waals surface area contributed by atoms with Crippen molar-refractivity contribution in [1.82, 2.24) is 4.90 Å². The first kappa shape index (κ1) is 16.3. The molecule has 2 rings (SSSR count). The molecule has 0 spiro atoms. The van der Waals surface area contributed by atoms with E-state index in [0.717, 1.165) is 62.6 Å². The van der Waals surface area contributed by atoms with Crippen LogP contribution in [0.4, 0.5) is 5.69 Å². The molecule has 1 fully saturated rings. The Balaban J connectivity index is 1.92. The van der Waals surface area contributed by atoms with E-state index in [9.17, 15) is 4.79 Å². The Kier molecular flexibility index (Phi) is 5.65. The minimum Gasteiger partial charge on any atom is -0.368 e. The normalized spacial score (nSPS) is 19.3. The highest BCUT2D eigenvalue weighted by Gasteiger charge is 2.28. The highest BCUT2D eigenvalue weighted by atomic mass is 35.5. The van der Waals surface area contributed by atoms with Crippen molar-refractivity contribution in [3.63, 3.8) is 0 Å². The van der Waals surface area contributed by atoms with Crippen LogP contribution in [-0.2, 0) is 4.79 Å². The van der Waals surface area contributed by atoms with Crippen molar-refractivity contribution < 1.29 is 4.79 Å². The Morgan fingerprint density at radius 2 is 1.90 bits per heavy atom. The Bertz CT molecular complexity index is 472. The molecule has 116 valence electrons. The average Bonchev–Trinajstić information content (AvgIpc) is 2.49. The summed E-state index contributed by atoms with van der Waals surface area (Å²) in [5, 5.41) is 0.815. The first-order valence-electron chi connectivity index (χ1n) is 7.76. The second kappa shape index (κ2) is 7.28. The molecular formula is C17H25ClN2O. The molecular weight excluding hydrogens is 284 g/mol. The number of carbonyl (C=O) groups is 1. The first-order chi connectivity index (χ1) is 10.1. The van der Waals surface area contributed by atoms with Crippen LogP contribution in [0, 0.1) is 5.41 Å². The predicted octanol–water partition coefficient (Wildman–Crippen LogP) is 3.47. The summed E-state index contributed by atoms with van der Waals surface area (Å²) >= 11 is 6.26. The lowest BCUT2D eigenvalue weighted by molar-refractivity contribution is -0.116. The van der Waals surface area contributed by atoms with E-state index in [-0.39, 0.29) is 5.41 Å². The quantitative estimate of drug-likeness (QED) is 0.752. The van der Waals surface area contributed by atoms with E-state index in [1.165, 1.54) is 0 Å². The maximum absolute atomic E-state index is 11.4. The molecule has 3 nitrogen and oxygen atoms in total. The molecule has 0 bridgehead atoms. The number of rotatable bonds is 6. The zero-order valence-corrected chi connectivity index (χ0v) is 13.8. The Morgan fingerprint density at radius 3 is 2.48 bits per heavy atom. The van der Waals surface area contributed by atoms with Gasteiger partial charge in [-0.15, -0.1) is 0 Å². The summed E-state index contributed by atoms with van der Waals surface area (Å²) in [5.41, 5.74) is 0.909. The smallest absolute Gasteiger partial charge is 0.127 e. The molecule has 1 aromatic rings. The molecule has 0 amide bonds. The Labute approximate surface area is 132 Å². The summed E-state index contributed by atoms with van der Waals surface area (Å²) in [6.45, 7) is 8.97. The van der Waals surface area contributed by atoms with Gasteiger partial charge >= 0.3 is 0 Å². The second-order valence-corrected chi connectivity index (χ2v) is 6.64. The van der Waals surface area contributed by atoms with E-state index in [2.05, 4.69) is 29.7 Å². The second-order valence-electron chi connectivity index (χ2n) is 6.24. The number of benzene rings is 1. The molecule has 1 saturated heterocycles. The summed E-state index contributed by atoms with van der Waals surface area (Å²) in [6.07, 6.45) is 3.15. The number of anilines is 1. The topological polar surface area (TPSA) is 23.6 Å². The summed E-state index contributed by atoms with van der Waals surface area (Å²) in [5.74, 6) is 0. The van der Waals surface area contributed by atoms with Crippen molar-refractivity contribution in [3.05, 3.63) is 29.3 Å². The lowest BCUT2D eigenvalue weighted by Crippen LogP contribution is -2.49. The highest BCUT2D eigenvalue weighted by Crippen LogP contribution is 2.27. The number of hydrogen-bond donors (Lipinski definition) is 0. The van der Waals surface area contributed by atoms with Crippen molar-refractivity contribution in [3.8, 4) is 0 Å². The Morgan fingerprint density at radius 1 is 1.24 bits per heavy atom. The highest BCUT2D eigenvalue weighted by molar-refractivity contribution is 6.33. The van der Waals surface area contributed by atoms with Crippen molar-refractivity contribution in [1.29, 1.82) is 0 Å². The average molecular weight is 309 g/mol. The van der Waals surface area contributed by atoms with E-state index in [4.69, 9.17) is 11.6 Å². The number of halogens is 1. The maximum Gasteiger partial charge on any atom is 0.127 e. The molecule has 1 aliphatic rings. The minimum atomic E-state index is -0.207. The number of carbonyl (C=O) groups excluding carboxylic acids is 1. The van der Waals surface area contributed by atoms with Gasteiger partial charge in [0.25, 0.3) is 0 Å². The van der Waals surface area contributed by atoms with Gasteiger partial charge in [-0.2, -0.15) is 0 Å². The van der Waals surface area contributed by atoms with Crippen LogP contribution >= 0.6 is 11.6 Å². The maximum atomic E-state index is 11.4. The van der Waals surface area contributed by atoms with E-state index in [0.29, 0.717) is 0 Å². The van der Waals surface area contributed by atoms with E-state index < -0.39 is 0 Å². The molecule has 1 aromatic carbocycles. The van der Waals surface area contributed by atoms with Gasteiger partial charge < -0.3 is 9.69 Å². The van der Waals surface area contributed by atoms with Gasteiger partial charge in [0.1, 0.15) is 6.29 Å². The van der Waals surface area contributed by atoms with Crippen LogP contribution < -0.4 is 4.90 Å². The SMILES string of the molecule is CCCC(C)(C=O)CN1CCN(c2ccccc2Cl)CC1. The van der Waals surface area contributed by atoms with Crippen molar-refractivity contribution in [2.45, 2.75) is 26.7 Å². The number of aldehydes is 1. The summed E-state index contributed by atoms with van der Waals surface area (Å²) in [6, 6.07) is 8.00. The van der Waals surface area contributed by atoms with Gasteiger partial charge in [0.05, 0.1) is 10.7 Å². The largest absolute Gasteiger partial charge is 0.368 e. The van der Waals surface area contributed by atoms with Crippen molar-refractivity contribution >= 4 is 23.6 Å². The molecule has 1 aliphatic heterocycles. The summed E-state index contributed by atoms with van der Waals surface area (Å²) < 4.78 is 0. The third kappa shape index (κ3) is 4.21. The number of nitrogens with zero attached hydrogens (tertiary/aromatic N) is 2. The van der Waals surface area contributed by atoms with E-state index in [1.807, 2.05) is 18.2 Å². The number of hydrogen-bond acceptors (Lipinski definition) is 3. The Hall–Kier alpha value is -1.06. The van der Waals surface area contributed by atoms with E-state index in [1.54, 1.807) is 0 Å². The zero-order chi connectivity index (χ0) is 15.3. The molecule has 0 saturated carbocycles. The molecule has 1 heterocycles. The molecule has 0 aliphatic carbocycles. The van der Waals surface area contributed by atoms with Crippen molar-refractivity contribution in [2.75, 3.05) is 37.6 Å². The van der Waals surface area contributed by atoms with Crippen molar-refractivity contribution in [2.24, 2.45) is 5.41 Å². The lowest BCUT2D eigenvalue weighted by atomic mass is 9.86. The summed E-state index contributed by atoms with van der Waals surface area (Å²) in [4.78, 5) is 16.1. The molecule has 4 heteroatoms. The summed E-state index contributed by atoms with van der Waals surface area (Å²) in [7, 11) is 0. The monoisotopic (exact) mass is 308 g/mol. The fourth-order valence-electron chi connectivity index (χ4n) is 3.11. The van der Waals surface area contributed by atoms with Gasteiger partial charge in [-0.25, -0.2) is 0 Å². The zero-order valence-electron chi connectivity index (χ0n) is 13.0.